The van der Waals surface area contributed by atoms with Gasteiger partial charge < -0.3 is 13.7 Å². The lowest BCUT2D eigenvalue weighted by Crippen LogP contribution is -2.48. The van der Waals surface area contributed by atoms with Crippen LogP contribution < -0.4 is 0 Å². The Labute approximate surface area is 177 Å². The first-order chi connectivity index (χ1) is 14.4. The van der Waals surface area contributed by atoms with Crippen LogP contribution in [0.5, 0.6) is 0 Å². The molecule has 0 saturated carbocycles. The zero-order chi connectivity index (χ0) is 23.4. The number of carbonyl (C=O) groups is 2. The van der Waals surface area contributed by atoms with Gasteiger partial charge in [-0.2, -0.15) is 21.6 Å². The molecule has 8 nitrogen and oxygen atoms in total. The molecule has 0 N–H and O–H groups in total. The van der Waals surface area contributed by atoms with Gasteiger partial charge in [-0.15, -0.1) is 6.58 Å². The highest BCUT2D eigenvalue weighted by Crippen LogP contribution is 2.46. The molecule has 0 aromatic heterocycles. The molecule has 0 fully saturated rings. The lowest BCUT2D eigenvalue weighted by Gasteiger charge is -2.33. The molecule has 1 aromatic carbocycles. The summed E-state index contributed by atoms with van der Waals surface area (Å²) in [6.45, 7) is 4.52. The summed E-state index contributed by atoms with van der Waals surface area (Å²) in [4.78, 5) is 25.7. The predicted molar refractivity (Wildman–Crippen MR) is 101 cm³/mol. The molecular weight excluding hydrogens is 443 g/mol. The molecule has 1 aliphatic rings. The number of hydrogen-bond donors (Lipinski definition) is 0. The standard InChI is InChI=1S/C19H20F3NO7S/c1-4-10-18(2)14(30-31(26,27)19(20,21)22)11-23(15(18)16(24)28-3)17(25)29-12-13-8-6-5-7-9-13/h4-9,11,15H,1,10,12H2,2-3H3. The molecule has 2 unspecified atom stereocenters. The summed E-state index contributed by atoms with van der Waals surface area (Å²) in [6.07, 6.45) is 0.611. The van der Waals surface area contributed by atoms with Gasteiger partial charge in [0.2, 0.25) is 0 Å². The first kappa shape index (κ1) is 24.3. The minimum atomic E-state index is -6.06. The number of rotatable bonds is 7. The monoisotopic (exact) mass is 463 g/mol. The van der Waals surface area contributed by atoms with Crippen molar-refractivity contribution in [3.05, 3.63) is 60.5 Å². The van der Waals surface area contributed by atoms with Crippen LogP contribution in [0.3, 0.4) is 0 Å². The molecule has 31 heavy (non-hydrogen) atoms. The second-order valence-corrected chi connectivity index (χ2v) is 8.30. The molecule has 0 saturated heterocycles. The van der Waals surface area contributed by atoms with Gasteiger partial charge in [0.05, 0.1) is 18.7 Å². The van der Waals surface area contributed by atoms with Gasteiger partial charge in [-0.05, 0) is 18.9 Å². The number of allylic oxidation sites excluding steroid dienone is 1. The first-order valence-corrected chi connectivity index (χ1v) is 10.2. The van der Waals surface area contributed by atoms with Gasteiger partial charge >= 0.3 is 27.7 Å². The lowest BCUT2D eigenvalue weighted by atomic mass is 9.79. The van der Waals surface area contributed by atoms with Crippen LogP contribution in [0, 0.1) is 5.41 Å². The van der Waals surface area contributed by atoms with E-state index in [1.807, 2.05) is 0 Å². The van der Waals surface area contributed by atoms with Crippen molar-refractivity contribution < 1.29 is 44.8 Å². The van der Waals surface area contributed by atoms with E-state index in [-0.39, 0.29) is 13.0 Å². The molecular formula is C19H20F3NO7S. The van der Waals surface area contributed by atoms with E-state index in [0.717, 1.165) is 7.11 Å². The zero-order valence-corrected chi connectivity index (χ0v) is 17.4. The summed E-state index contributed by atoms with van der Waals surface area (Å²) < 4.78 is 75.8. The summed E-state index contributed by atoms with van der Waals surface area (Å²) in [5.41, 5.74) is -6.83. The molecule has 1 amide bonds. The molecule has 1 aliphatic heterocycles. The molecule has 1 aromatic rings. The molecule has 0 radical (unpaired) electrons. The maximum Gasteiger partial charge on any atom is 0.534 e. The number of hydrogen-bond acceptors (Lipinski definition) is 7. The molecule has 0 bridgehead atoms. The number of ether oxygens (including phenoxy) is 2. The Morgan fingerprint density at radius 3 is 2.39 bits per heavy atom. The van der Waals surface area contributed by atoms with Crippen LogP contribution >= 0.6 is 0 Å². The third kappa shape index (κ3) is 5.01. The highest BCUT2D eigenvalue weighted by molar-refractivity contribution is 7.87. The number of benzene rings is 1. The third-order valence-electron chi connectivity index (χ3n) is 4.59. The van der Waals surface area contributed by atoms with E-state index in [4.69, 9.17) is 4.74 Å². The molecule has 0 aliphatic carbocycles. The summed E-state index contributed by atoms with van der Waals surface area (Å²) in [5.74, 6) is -1.79. The van der Waals surface area contributed by atoms with E-state index in [0.29, 0.717) is 16.7 Å². The number of amides is 1. The zero-order valence-electron chi connectivity index (χ0n) is 16.6. The van der Waals surface area contributed by atoms with Gasteiger partial charge in [-0.3, -0.25) is 4.90 Å². The normalized spacial score (nSPS) is 21.3. The Balaban J connectivity index is 2.43. The number of methoxy groups -OCH3 is 1. The van der Waals surface area contributed by atoms with E-state index in [1.165, 1.54) is 13.0 Å². The van der Waals surface area contributed by atoms with Crippen molar-refractivity contribution in [3.63, 3.8) is 0 Å². The van der Waals surface area contributed by atoms with E-state index < -0.39 is 44.9 Å². The van der Waals surface area contributed by atoms with Crippen molar-refractivity contribution >= 4 is 22.2 Å². The first-order valence-electron chi connectivity index (χ1n) is 8.78. The fourth-order valence-corrected chi connectivity index (χ4v) is 3.59. The van der Waals surface area contributed by atoms with Crippen molar-refractivity contribution in [1.82, 2.24) is 4.90 Å². The van der Waals surface area contributed by atoms with Gasteiger partial charge in [0, 0.05) is 0 Å². The number of esters is 1. The lowest BCUT2D eigenvalue weighted by molar-refractivity contribution is -0.148. The fraction of sp³-hybridized carbons (Fsp3) is 0.368. The number of halogens is 3. The highest BCUT2D eigenvalue weighted by atomic mass is 32.2. The predicted octanol–water partition coefficient (Wildman–Crippen LogP) is 3.47. The van der Waals surface area contributed by atoms with E-state index in [9.17, 15) is 31.2 Å². The maximum atomic E-state index is 12.9. The number of alkyl halides is 3. The van der Waals surface area contributed by atoms with Gasteiger partial charge in [-0.1, -0.05) is 36.4 Å². The van der Waals surface area contributed by atoms with Crippen LogP contribution in [-0.4, -0.2) is 44.0 Å². The molecule has 1 heterocycles. The van der Waals surface area contributed by atoms with Gasteiger partial charge in [0.15, 0.2) is 0 Å². The molecule has 0 spiro atoms. The minimum absolute atomic E-state index is 0.201. The molecule has 12 heteroatoms. The van der Waals surface area contributed by atoms with Crippen LogP contribution in [0.4, 0.5) is 18.0 Å². The average Bonchev–Trinajstić information content (AvgIpc) is 2.97. The topological polar surface area (TPSA) is 99.2 Å². The van der Waals surface area contributed by atoms with E-state index >= 15 is 0 Å². The van der Waals surface area contributed by atoms with Gasteiger partial charge in [0.1, 0.15) is 18.4 Å². The van der Waals surface area contributed by atoms with Gasteiger partial charge in [-0.25, -0.2) is 9.59 Å². The fourth-order valence-electron chi connectivity index (χ4n) is 3.02. The van der Waals surface area contributed by atoms with Crippen molar-refractivity contribution in [2.24, 2.45) is 5.41 Å². The smallest absolute Gasteiger partial charge is 0.467 e. The highest BCUT2D eigenvalue weighted by Gasteiger charge is 2.57. The quantitative estimate of drug-likeness (QED) is 0.264. The Bertz CT molecular complexity index is 976. The van der Waals surface area contributed by atoms with Crippen molar-refractivity contribution in [2.45, 2.75) is 31.5 Å². The summed E-state index contributed by atoms with van der Waals surface area (Å²) in [6, 6.07) is 6.91. The molecule has 170 valence electrons. The third-order valence-corrected chi connectivity index (χ3v) is 5.56. The van der Waals surface area contributed by atoms with Crippen LogP contribution in [-0.2, 0) is 35.2 Å². The van der Waals surface area contributed by atoms with Crippen molar-refractivity contribution in [2.75, 3.05) is 7.11 Å². The van der Waals surface area contributed by atoms with Crippen molar-refractivity contribution in [1.29, 1.82) is 0 Å². The number of nitrogens with zero attached hydrogens (tertiary/aromatic N) is 1. The van der Waals surface area contributed by atoms with Crippen LogP contribution in [0.2, 0.25) is 0 Å². The molecule has 2 atom stereocenters. The number of carbonyl (C=O) groups excluding carboxylic acids is 2. The second kappa shape index (κ2) is 9.00. The van der Waals surface area contributed by atoms with E-state index in [2.05, 4.69) is 15.5 Å². The van der Waals surface area contributed by atoms with Crippen molar-refractivity contribution in [3.8, 4) is 0 Å². The Kier molecular flexibility index (Phi) is 7.04. The largest absolute Gasteiger partial charge is 0.534 e. The second-order valence-electron chi connectivity index (χ2n) is 6.76. The van der Waals surface area contributed by atoms with Gasteiger partial charge in [0.25, 0.3) is 0 Å². The minimum Gasteiger partial charge on any atom is -0.467 e. The molecule has 2 rings (SSSR count). The Morgan fingerprint density at radius 2 is 1.87 bits per heavy atom. The maximum absolute atomic E-state index is 12.9. The van der Waals surface area contributed by atoms with Crippen LogP contribution in [0.1, 0.15) is 18.9 Å². The van der Waals surface area contributed by atoms with Crippen LogP contribution in [0.15, 0.2) is 54.9 Å². The Hall–Kier alpha value is -3.02. The summed E-state index contributed by atoms with van der Waals surface area (Å²) in [5, 5.41) is 0. The summed E-state index contributed by atoms with van der Waals surface area (Å²) in [7, 11) is -5.05. The Morgan fingerprint density at radius 1 is 1.26 bits per heavy atom. The average molecular weight is 463 g/mol. The summed E-state index contributed by atoms with van der Waals surface area (Å²) >= 11 is 0. The van der Waals surface area contributed by atoms with E-state index in [1.54, 1.807) is 30.3 Å². The SMILES string of the molecule is C=CCC1(C)C(OS(=O)(=O)C(F)(F)F)=CN(C(=O)OCc2ccccc2)C1C(=O)OC. The van der Waals surface area contributed by atoms with Crippen LogP contribution in [0.25, 0.3) is 0 Å².